The van der Waals surface area contributed by atoms with Crippen LogP contribution < -0.4 is 5.73 Å². The molecule has 84 valence electrons. The molecule has 0 spiro atoms. The number of nitrogens with two attached hydrogens (primary N) is 1. The second kappa shape index (κ2) is 5.39. The van der Waals surface area contributed by atoms with E-state index >= 15 is 0 Å². The molecule has 1 aromatic rings. The van der Waals surface area contributed by atoms with E-state index in [-0.39, 0.29) is 17.2 Å². The van der Waals surface area contributed by atoms with E-state index < -0.39 is 12.5 Å². The Hall–Kier alpha value is -0.710. The van der Waals surface area contributed by atoms with Crippen molar-refractivity contribution in [1.82, 2.24) is 0 Å². The molecule has 5 heteroatoms. The molecule has 2 nitrogen and oxygen atoms in total. The van der Waals surface area contributed by atoms with Gasteiger partial charge in [-0.15, -0.1) is 0 Å². The van der Waals surface area contributed by atoms with Gasteiger partial charge in [0.25, 0.3) is 6.43 Å². The average molecular weight is 236 g/mol. The molecule has 3 N–H and O–H groups in total. The van der Waals surface area contributed by atoms with Crippen LogP contribution >= 0.6 is 11.6 Å². The van der Waals surface area contributed by atoms with Crippen LogP contribution in [0.3, 0.4) is 0 Å². The second-order valence-corrected chi connectivity index (χ2v) is 3.61. The molecule has 0 radical (unpaired) electrons. The van der Waals surface area contributed by atoms with E-state index in [9.17, 15) is 8.78 Å². The molecule has 0 aliphatic heterocycles. The fourth-order valence-corrected chi connectivity index (χ4v) is 1.60. The van der Waals surface area contributed by atoms with Gasteiger partial charge < -0.3 is 10.8 Å². The Morgan fingerprint density at radius 1 is 1.40 bits per heavy atom. The first-order chi connectivity index (χ1) is 7.06. The monoisotopic (exact) mass is 235 g/mol. The summed E-state index contributed by atoms with van der Waals surface area (Å²) in [5.74, 6) is 0. The largest absolute Gasteiger partial charge is 0.396 e. The van der Waals surface area contributed by atoms with Crippen molar-refractivity contribution in [3.05, 3.63) is 34.3 Å². The van der Waals surface area contributed by atoms with Crippen LogP contribution in [0.15, 0.2) is 18.2 Å². The van der Waals surface area contributed by atoms with E-state index in [2.05, 4.69) is 0 Å². The van der Waals surface area contributed by atoms with Gasteiger partial charge in [0.1, 0.15) is 0 Å². The summed E-state index contributed by atoms with van der Waals surface area (Å²) in [6, 6.07) is 3.56. The molecule has 0 amide bonds. The van der Waals surface area contributed by atoms with Crippen molar-refractivity contribution in [1.29, 1.82) is 0 Å². The zero-order valence-corrected chi connectivity index (χ0v) is 8.72. The van der Waals surface area contributed by atoms with Crippen molar-refractivity contribution in [2.45, 2.75) is 18.9 Å². The van der Waals surface area contributed by atoms with Gasteiger partial charge in [0.15, 0.2) is 0 Å². The highest BCUT2D eigenvalue weighted by Crippen LogP contribution is 2.28. The first kappa shape index (κ1) is 12.4. The summed E-state index contributed by atoms with van der Waals surface area (Å²) >= 11 is 5.81. The fourth-order valence-electron chi connectivity index (χ4n) is 1.27. The summed E-state index contributed by atoms with van der Waals surface area (Å²) in [5, 5.41) is 8.91. The maximum absolute atomic E-state index is 12.3. The van der Waals surface area contributed by atoms with Gasteiger partial charge in [-0.25, -0.2) is 8.78 Å². The van der Waals surface area contributed by atoms with E-state index in [0.717, 1.165) is 0 Å². The average Bonchev–Trinajstić information content (AvgIpc) is 2.17. The van der Waals surface area contributed by atoms with Gasteiger partial charge in [0.05, 0.1) is 0 Å². The molecule has 0 saturated heterocycles. The van der Waals surface area contributed by atoms with E-state index in [0.29, 0.717) is 12.0 Å². The molecule has 1 rings (SSSR count). The lowest BCUT2D eigenvalue weighted by Gasteiger charge is -2.13. The molecule has 1 aromatic carbocycles. The van der Waals surface area contributed by atoms with Gasteiger partial charge in [0.2, 0.25) is 0 Å². The molecule has 15 heavy (non-hydrogen) atoms. The minimum absolute atomic E-state index is 0.0614. The Morgan fingerprint density at radius 3 is 2.53 bits per heavy atom. The first-order valence-corrected chi connectivity index (χ1v) is 4.88. The van der Waals surface area contributed by atoms with Crippen LogP contribution in [0.5, 0.6) is 0 Å². The van der Waals surface area contributed by atoms with Crippen molar-refractivity contribution in [3.63, 3.8) is 0 Å². The predicted molar refractivity (Wildman–Crippen MR) is 55.0 cm³/mol. The molecule has 1 unspecified atom stereocenters. The fraction of sp³-hybridized carbons (Fsp3) is 0.400. The molecule has 1 atom stereocenters. The van der Waals surface area contributed by atoms with Crippen LogP contribution in [0.2, 0.25) is 5.02 Å². The van der Waals surface area contributed by atoms with Gasteiger partial charge in [-0.1, -0.05) is 23.7 Å². The third kappa shape index (κ3) is 3.12. The summed E-state index contributed by atoms with van der Waals surface area (Å²) in [7, 11) is 0. The summed E-state index contributed by atoms with van der Waals surface area (Å²) in [5.41, 5.74) is 6.15. The van der Waals surface area contributed by atoms with Gasteiger partial charge >= 0.3 is 0 Å². The minimum atomic E-state index is -2.54. The lowest BCUT2D eigenvalue weighted by molar-refractivity contribution is 0.151. The quantitative estimate of drug-likeness (QED) is 0.843. The number of hydrogen-bond donors (Lipinski definition) is 2. The zero-order chi connectivity index (χ0) is 11.4. The molecule has 0 bridgehead atoms. The van der Waals surface area contributed by atoms with Crippen LogP contribution in [-0.4, -0.2) is 11.7 Å². The molecule has 0 aliphatic rings. The van der Waals surface area contributed by atoms with Crippen LogP contribution in [0.25, 0.3) is 0 Å². The highest BCUT2D eigenvalue weighted by Gasteiger charge is 2.13. The van der Waals surface area contributed by atoms with Crippen molar-refractivity contribution in [2.75, 3.05) is 6.61 Å². The predicted octanol–water partition coefficient (Wildman–Crippen LogP) is 2.66. The number of benzene rings is 1. The summed E-state index contributed by atoms with van der Waals surface area (Å²) < 4.78 is 24.6. The third-order valence-electron chi connectivity index (χ3n) is 2.12. The number of hydrogen-bond acceptors (Lipinski definition) is 2. The Bertz CT molecular complexity index is 333. The standard InChI is InChI=1S/C10H12ClF2NO/c11-8-5-6(10(12)13)1-2-7(8)9(14)3-4-15/h1-2,5,9-10,15H,3-4,14H2. The molecule has 0 aromatic heterocycles. The van der Waals surface area contributed by atoms with E-state index in [1.54, 1.807) is 0 Å². The van der Waals surface area contributed by atoms with Crippen molar-refractivity contribution in [2.24, 2.45) is 5.73 Å². The summed E-state index contributed by atoms with van der Waals surface area (Å²) in [6.45, 7) is -0.0614. The number of alkyl halides is 2. The Balaban J connectivity index is 2.92. The molecule has 0 fully saturated rings. The highest BCUT2D eigenvalue weighted by molar-refractivity contribution is 6.31. The third-order valence-corrected chi connectivity index (χ3v) is 2.44. The first-order valence-electron chi connectivity index (χ1n) is 4.50. The summed E-state index contributed by atoms with van der Waals surface area (Å²) in [4.78, 5) is 0. The van der Waals surface area contributed by atoms with Gasteiger partial charge in [0, 0.05) is 23.2 Å². The summed E-state index contributed by atoms with van der Waals surface area (Å²) in [6.07, 6.45) is -2.18. The van der Waals surface area contributed by atoms with E-state index in [1.807, 2.05) is 0 Å². The molecular formula is C10H12ClF2NO. The Kier molecular flexibility index (Phi) is 4.45. The lowest BCUT2D eigenvalue weighted by atomic mass is 10.0. The molecule has 0 saturated carbocycles. The smallest absolute Gasteiger partial charge is 0.263 e. The van der Waals surface area contributed by atoms with Crippen LogP contribution in [0.1, 0.15) is 30.0 Å². The van der Waals surface area contributed by atoms with Crippen molar-refractivity contribution < 1.29 is 13.9 Å². The lowest BCUT2D eigenvalue weighted by Crippen LogP contribution is -2.12. The zero-order valence-electron chi connectivity index (χ0n) is 7.96. The number of aliphatic hydroxyl groups is 1. The van der Waals surface area contributed by atoms with Crippen LogP contribution in [-0.2, 0) is 0 Å². The normalized spacial score (nSPS) is 13.2. The van der Waals surface area contributed by atoms with Crippen molar-refractivity contribution >= 4 is 11.6 Å². The maximum atomic E-state index is 12.3. The van der Waals surface area contributed by atoms with Crippen molar-refractivity contribution in [3.8, 4) is 0 Å². The maximum Gasteiger partial charge on any atom is 0.263 e. The SMILES string of the molecule is NC(CCO)c1ccc(C(F)F)cc1Cl. The highest BCUT2D eigenvalue weighted by atomic mass is 35.5. The Morgan fingerprint density at radius 2 is 2.07 bits per heavy atom. The second-order valence-electron chi connectivity index (χ2n) is 3.20. The number of halogens is 3. The van der Waals surface area contributed by atoms with Gasteiger partial charge in [-0.05, 0) is 18.1 Å². The minimum Gasteiger partial charge on any atom is -0.396 e. The molecular weight excluding hydrogens is 224 g/mol. The van der Waals surface area contributed by atoms with Crippen LogP contribution in [0.4, 0.5) is 8.78 Å². The topological polar surface area (TPSA) is 46.2 Å². The van der Waals surface area contributed by atoms with E-state index in [1.165, 1.54) is 18.2 Å². The number of aliphatic hydroxyl groups excluding tert-OH is 1. The molecule has 0 heterocycles. The van der Waals surface area contributed by atoms with Gasteiger partial charge in [-0.3, -0.25) is 0 Å². The van der Waals surface area contributed by atoms with Crippen LogP contribution in [0, 0.1) is 0 Å². The molecule has 0 aliphatic carbocycles. The van der Waals surface area contributed by atoms with Gasteiger partial charge in [-0.2, -0.15) is 0 Å². The van der Waals surface area contributed by atoms with E-state index in [4.69, 9.17) is 22.4 Å². The Labute approximate surface area is 91.7 Å². The number of rotatable bonds is 4.